The third-order valence-electron chi connectivity index (χ3n) is 4.68. The van der Waals surface area contributed by atoms with Gasteiger partial charge in [-0.3, -0.25) is 9.59 Å². The molecule has 0 N–H and O–H groups in total. The third-order valence-corrected chi connectivity index (χ3v) is 4.68. The van der Waals surface area contributed by atoms with Crippen LogP contribution in [0, 0.1) is 10.8 Å². The van der Waals surface area contributed by atoms with Gasteiger partial charge in [0.05, 0.1) is 0 Å². The number of carbonyl (C=O) groups is 2. The SMILES string of the molecule is CC1=C/C(=C/C=C2\C=C(C)C(=O)C(C(C)(C)C)=C2)C=C(C(C)(C)C)C1=O. The monoisotopic (exact) mass is 350 g/mol. The molecule has 0 unspecified atom stereocenters. The minimum absolute atomic E-state index is 0.122. The Morgan fingerprint density at radius 3 is 1.19 bits per heavy atom. The van der Waals surface area contributed by atoms with Crippen LogP contribution in [0.5, 0.6) is 0 Å². The number of allylic oxidation sites excluding steroid dienone is 12. The highest BCUT2D eigenvalue weighted by molar-refractivity contribution is 6.11. The Kier molecular flexibility index (Phi) is 5.28. The first-order valence-electron chi connectivity index (χ1n) is 9.13. The highest BCUT2D eigenvalue weighted by atomic mass is 16.1. The summed E-state index contributed by atoms with van der Waals surface area (Å²) in [6.45, 7) is 16.1. The van der Waals surface area contributed by atoms with Crippen LogP contribution in [0.2, 0.25) is 0 Å². The molecule has 2 aliphatic rings. The van der Waals surface area contributed by atoms with E-state index in [1.165, 1.54) is 0 Å². The second-order valence-corrected chi connectivity index (χ2v) is 9.26. The summed E-state index contributed by atoms with van der Waals surface area (Å²) in [7, 11) is 0. The Morgan fingerprint density at radius 2 is 0.923 bits per heavy atom. The van der Waals surface area contributed by atoms with Gasteiger partial charge < -0.3 is 0 Å². The van der Waals surface area contributed by atoms with E-state index in [1.807, 2.05) is 50.3 Å². The summed E-state index contributed by atoms with van der Waals surface area (Å²) in [5, 5.41) is 0. The van der Waals surface area contributed by atoms with E-state index in [0.29, 0.717) is 0 Å². The first-order valence-corrected chi connectivity index (χ1v) is 9.13. The maximum absolute atomic E-state index is 12.4. The summed E-state index contributed by atoms with van der Waals surface area (Å²) in [5.74, 6) is 0.243. The summed E-state index contributed by atoms with van der Waals surface area (Å²) in [5.41, 5.74) is 4.83. The van der Waals surface area contributed by atoms with Gasteiger partial charge in [0, 0.05) is 11.1 Å². The normalized spacial score (nSPS) is 22.3. The van der Waals surface area contributed by atoms with Gasteiger partial charge in [-0.2, -0.15) is 0 Å². The van der Waals surface area contributed by atoms with Crippen LogP contribution >= 0.6 is 0 Å². The molecule has 2 aliphatic carbocycles. The molecule has 0 aromatic carbocycles. The molecule has 0 aromatic rings. The maximum atomic E-state index is 12.4. The highest BCUT2D eigenvalue weighted by Crippen LogP contribution is 2.34. The van der Waals surface area contributed by atoms with Crippen LogP contribution in [0.25, 0.3) is 0 Å². The summed E-state index contributed by atoms with van der Waals surface area (Å²) in [6, 6.07) is 0. The Morgan fingerprint density at radius 1 is 0.615 bits per heavy atom. The fraction of sp³-hybridized carbons (Fsp3) is 0.417. The van der Waals surface area contributed by atoms with Gasteiger partial charge in [-0.25, -0.2) is 0 Å². The average molecular weight is 351 g/mol. The van der Waals surface area contributed by atoms with Crippen molar-refractivity contribution in [2.45, 2.75) is 55.4 Å². The number of hydrogen-bond donors (Lipinski definition) is 0. The van der Waals surface area contributed by atoms with Crippen molar-refractivity contribution in [2.75, 3.05) is 0 Å². The Balaban J connectivity index is 2.47. The van der Waals surface area contributed by atoms with Crippen molar-refractivity contribution in [1.29, 1.82) is 0 Å². The van der Waals surface area contributed by atoms with E-state index >= 15 is 0 Å². The van der Waals surface area contributed by atoms with E-state index in [2.05, 4.69) is 41.5 Å². The summed E-state index contributed by atoms with van der Waals surface area (Å²) in [4.78, 5) is 24.8. The van der Waals surface area contributed by atoms with Crippen LogP contribution < -0.4 is 0 Å². The summed E-state index contributed by atoms with van der Waals surface area (Å²) in [6.07, 6.45) is 11.8. The molecule has 0 heterocycles. The molecule has 0 fully saturated rings. The summed E-state index contributed by atoms with van der Waals surface area (Å²) < 4.78 is 0. The van der Waals surface area contributed by atoms with Gasteiger partial charge in [0.1, 0.15) is 0 Å². The fourth-order valence-electron chi connectivity index (χ4n) is 3.10. The lowest BCUT2D eigenvalue weighted by molar-refractivity contribution is -0.113. The molecule has 0 aromatic heterocycles. The number of hydrogen-bond acceptors (Lipinski definition) is 2. The molecule has 26 heavy (non-hydrogen) atoms. The molecule has 0 aliphatic heterocycles. The summed E-state index contributed by atoms with van der Waals surface area (Å²) >= 11 is 0. The third kappa shape index (κ3) is 4.30. The Labute approximate surface area is 157 Å². The van der Waals surface area contributed by atoms with Crippen molar-refractivity contribution < 1.29 is 9.59 Å². The van der Waals surface area contributed by atoms with E-state index in [-0.39, 0.29) is 22.4 Å². The lowest BCUT2D eigenvalue weighted by Crippen LogP contribution is -2.21. The van der Waals surface area contributed by atoms with E-state index in [9.17, 15) is 9.59 Å². The first-order chi connectivity index (χ1) is 11.8. The molecule has 0 amide bonds. The van der Waals surface area contributed by atoms with Crippen molar-refractivity contribution in [2.24, 2.45) is 10.8 Å². The van der Waals surface area contributed by atoms with Gasteiger partial charge in [-0.05, 0) is 71.3 Å². The highest BCUT2D eigenvalue weighted by Gasteiger charge is 2.28. The molecule has 0 atom stereocenters. The molecule has 0 saturated heterocycles. The van der Waals surface area contributed by atoms with Gasteiger partial charge in [-0.15, -0.1) is 0 Å². The smallest absolute Gasteiger partial charge is 0.185 e. The van der Waals surface area contributed by atoms with Crippen molar-refractivity contribution in [3.8, 4) is 0 Å². The lowest BCUT2D eigenvalue weighted by Gasteiger charge is -2.25. The van der Waals surface area contributed by atoms with Crippen LogP contribution in [0.4, 0.5) is 0 Å². The average Bonchev–Trinajstić information content (AvgIpc) is 2.49. The molecule has 0 spiro atoms. The number of ketones is 2. The molecule has 2 nitrogen and oxygen atoms in total. The quantitative estimate of drug-likeness (QED) is 0.595. The van der Waals surface area contributed by atoms with E-state index in [4.69, 9.17) is 0 Å². The zero-order chi connectivity index (χ0) is 19.9. The van der Waals surface area contributed by atoms with Crippen LogP contribution in [-0.2, 0) is 9.59 Å². The number of Topliss-reactive ketones (excluding diaryl/α,β-unsaturated/α-hetero) is 2. The van der Waals surface area contributed by atoms with Gasteiger partial charge in [-0.1, -0.05) is 53.7 Å². The molecule has 0 bridgehead atoms. The predicted octanol–water partition coefficient (Wildman–Crippen LogP) is 5.84. The molecule has 0 saturated carbocycles. The largest absolute Gasteiger partial charge is 0.289 e. The van der Waals surface area contributed by atoms with Crippen molar-refractivity contribution in [3.63, 3.8) is 0 Å². The van der Waals surface area contributed by atoms with E-state index in [1.54, 1.807) is 0 Å². The molecule has 138 valence electrons. The first kappa shape index (κ1) is 20.1. The van der Waals surface area contributed by atoms with Crippen LogP contribution in [0.1, 0.15) is 55.4 Å². The molecular weight excluding hydrogens is 320 g/mol. The predicted molar refractivity (Wildman–Crippen MR) is 109 cm³/mol. The van der Waals surface area contributed by atoms with E-state index < -0.39 is 0 Å². The van der Waals surface area contributed by atoms with Crippen molar-refractivity contribution in [3.05, 3.63) is 69.9 Å². The van der Waals surface area contributed by atoms with Crippen LogP contribution in [0.15, 0.2) is 69.9 Å². The van der Waals surface area contributed by atoms with Gasteiger partial charge in [0.25, 0.3) is 0 Å². The number of carbonyl (C=O) groups excluding carboxylic acids is 2. The number of rotatable bonds is 1. The Bertz CT molecular complexity index is 764. The zero-order valence-electron chi connectivity index (χ0n) is 17.3. The fourth-order valence-corrected chi connectivity index (χ4v) is 3.10. The Hall–Kier alpha value is -2.22. The van der Waals surface area contributed by atoms with E-state index in [0.717, 1.165) is 33.4 Å². The maximum Gasteiger partial charge on any atom is 0.185 e. The van der Waals surface area contributed by atoms with Crippen LogP contribution in [-0.4, -0.2) is 11.6 Å². The standard InChI is InChI=1S/C24H30O2/c1-15-11-17(13-19(21(15)25)23(3,4)5)9-10-18-12-16(2)22(26)20(14-18)24(6,7)8/h9-14H,1-8H3/b17-9-,18-10+. The van der Waals surface area contributed by atoms with Crippen molar-refractivity contribution in [1.82, 2.24) is 0 Å². The molecule has 2 heteroatoms. The lowest BCUT2D eigenvalue weighted by atomic mass is 9.78. The second-order valence-electron chi connectivity index (χ2n) is 9.26. The van der Waals surface area contributed by atoms with Gasteiger partial charge in [0.15, 0.2) is 11.6 Å². The van der Waals surface area contributed by atoms with Gasteiger partial charge in [0.2, 0.25) is 0 Å². The van der Waals surface area contributed by atoms with Crippen LogP contribution in [0.3, 0.4) is 0 Å². The zero-order valence-corrected chi connectivity index (χ0v) is 17.3. The van der Waals surface area contributed by atoms with Gasteiger partial charge >= 0.3 is 0 Å². The topological polar surface area (TPSA) is 34.1 Å². The minimum atomic E-state index is -0.189. The molecular formula is C24H30O2. The molecule has 2 rings (SSSR count). The molecule has 0 radical (unpaired) electrons. The minimum Gasteiger partial charge on any atom is -0.289 e. The second kappa shape index (κ2) is 6.83. The van der Waals surface area contributed by atoms with Crippen molar-refractivity contribution >= 4 is 11.6 Å².